The van der Waals surface area contributed by atoms with Gasteiger partial charge in [0.1, 0.15) is 0 Å². The Balaban J connectivity index is 1.96. The van der Waals surface area contributed by atoms with E-state index in [0.717, 1.165) is 44.0 Å². The van der Waals surface area contributed by atoms with Crippen molar-refractivity contribution in [1.82, 2.24) is 0 Å². The summed E-state index contributed by atoms with van der Waals surface area (Å²) in [6.07, 6.45) is 9.00. The standard InChI is InChI=1S/C14H26BrNO3/c15-9-3-1-2-4-10-18-13-7-5-12(6-8-13)11-19-14(16)17/h12-13H,1-11H2,(H2,16,17). The molecule has 0 aromatic heterocycles. The van der Waals surface area contributed by atoms with Gasteiger partial charge in [-0.1, -0.05) is 28.8 Å². The topological polar surface area (TPSA) is 61.6 Å². The van der Waals surface area contributed by atoms with E-state index in [-0.39, 0.29) is 0 Å². The van der Waals surface area contributed by atoms with Crippen LogP contribution in [-0.2, 0) is 9.47 Å². The van der Waals surface area contributed by atoms with Gasteiger partial charge in [-0.2, -0.15) is 0 Å². The van der Waals surface area contributed by atoms with Crippen LogP contribution in [0.25, 0.3) is 0 Å². The van der Waals surface area contributed by atoms with Gasteiger partial charge in [0, 0.05) is 11.9 Å². The van der Waals surface area contributed by atoms with Gasteiger partial charge in [0.05, 0.1) is 12.7 Å². The number of alkyl halides is 1. The van der Waals surface area contributed by atoms with E-state index in [1.54, 1.807) is 0 Å². The van der Waals surface area contributed by atoms with Crippen LogP contribution in [0.5, 0.6) is 0 Å². The molecule has 0 bridgehead atoms. The molecule has 4 nitrogen and oxygen atoms in total. The zero-order valence-corrected chi connectivity index (χ0v) is 13.2. The summed E-state index contributed by atoms with van der Waals surface area (Å²) < 4.78 is 10.7. The van der Waals surface area contributed by atoms with Gasteiger partial charge in [0.2, 0.25) is 0 Å². The zero-order valence-electron chi connectivity index (χ0n) is 11.6. The highest BCUT2D eigenvalue weighted by Gasteiger charge is 2.22. The third-order valence-corrected chi connectivity index (χ3v) is 4.20. The third kappa shape index (κ3) is 8.47. The summed E-state index contributed by atoms with van der Waals surface area (Å²) in [5.41, 5.74) is 4.96. The Bertz CT molecular complexity index is 243. The maximum atomic E-state index is 10.5. The van der Waals surface area contributed by atoms with E-state index in [4.69, 9.17) is 15.2 Å². The van der Waals surface area contributed by atoms with Crippen LogP contribution in [0.15, 0.2) is 0 Å². The molecule has 112 valence electrons. The third-order valence-electron chi connectivity index (χ3n) is 3.64. The molecule has 1 rings (SSSR count). The summed E-state index contributed by atoms with van der Waals surface area (Å²) in [5.74, 6) is 0.464. The summed E-state index contributed by atoms with van der Waals surface area (Å²) in [4.78, 5) is 10.5. The Labute approximate surface area is 124 Å². The molecule has 1 aliphatic rings. The second-order valence-corrected chi connectivity index (χ2v) is 6.04. The van der Waals surface area contributed by atoms with E-state index in [9.17, 15) is 4.79 Å². The molecule has 0 radical (unpaired) electrons. The predicted molar refractivity (Wildman–Crippen MR) is 79.5 cm³/mol. The number of carbonyl (C=O) groups excluding carboxylic acids is 1. The number of ether oxygens (including phenoxy) is 2. The first-order chi connectivity index (χ1) is 9.22. The van der Waals surface area contributed by atoms with Crippen molar-refractivity contribution < 1.29 is 14.3 Å². The molecular weight excluding hydrogens is 310 g/mol. The SMILES string of the molecule is NC(=O)OCC1CCC(OCCCCCCBr)CC1. The van der Waals surface area contributed by atoms with Crippen LogP contribution in [0, 0.1) is 5.92 Å². The lowest BCUT2D eigenvalue weighted by molar-refractivity contribution is 0.00836. The van der Waals surface area contributed by atoms with E-state index in [2.05, 4.69) is 15.9 Å². The minimum absolute atomic E-state index is 0.404. The molecule has 1 aliphatic carbocycles. The summed E-state index contributed by atoms with van der Waals surface area (Å²) in [6, 6.07) is 0. The molecule has 2 N–H and O–H groups in total. The van der Waals surface area contributed by atoms with Crippen molar-refractivity contribution in [2.24, 2.45) is 11.7 Å². The fourth-order valence-corrected chi connectivity index (χ4v) is 2.86. The lowest BCUT2D eigenvalue weighted by Gasteiger charge is -2.28. The van der Waals surface area contributed by atoms with Crippen LogP contribution in [0.3, 0.4) is 0 Å². The summed E-state index contributed by atoms with van der Waals surface area (Å²) in [6.45, 7) is 1.35. The second kappa shape index (κ2) is 10.5. The maximum absolute atomic E-state index is 10.5. The number of rotatable bonds is 9. The van der Waals surface area contributed by atoms with Gasteiger partial charge in [-0.3, -0.25) is 0 Å². The number of hydrogen-bond donors (Lipinski definition) is 1. The van der Waals surface area contributed by atoms with Crippen molar-refractivity contribution in [3.05, 3.63) is 0 Å². The van der Waals surface area contributed by atoms with E-state index in [0.29, 0.717) is 18.6 Å². The molecule has 0 unspecified atom stereocenters. The summed E-state index contributed by atoms with van der Waals surface area (Å²) in [7, 11) is 0. The van der Waals surface area contributed by atoms with Crippen LogP contribution >= 0.6 is 15.9 Å². The molecule has 19 heavy (non-hydrogen) atoms. The quantitative estimate of drug-likeness (QED) is 0.517. The van der Waals surface area contributed by atoms with Crippen LogP contribution < -0.4 is 5.73 Å². The molecule has 1 fully saturated rings. The number of halogens is 1. The molecule has 0 saturated heterocycles. The number of primary amides is 1. The average Bonchev–Trinajstić information content (AvgIpc) is 2.41. The van der Waals surface area contributed by atoms with Gasteiger partial charge < -0.3 is 15.2 Å². The van der Waals surface area contributed by atoms with E-state index in [1.807, 2.05) is 0 Å². The normalized spacial score (nSPS) is 23.2. The fourth-order valence-electron chi connectivity index (χ4n) is 2.47. The van der Waals surface area contributed by atoms with E-state index >= 15 is 0 Å². The predicted octanol–water partition coefficient (Wildman–Crippen LogP) is 3.61. The van der Waals surface area contributed by atoms with Gasteiger partial charge >= 0.3 is 6.09 Å². The van der Waals surface area contributed by atoms with Gasteiger partial charge in [-0.25, -0.2) is 4.79 Å². The van der Waals surface area contributed by atoms with Crippen molar-refractivity contribution in [2.75, 3.05) is 18.5 Å². The Morgan fingerprint density at radius 1 is 1.11 bits per heavy atom. The minimum atomic E-state index is -0.665. The largest absolute Gasteiger partial charge is 0.449 e. The Hall–Kier alpha value is -0.290. The smallest absolute Gasteiger partial charge is 0.404 e. The number of carbonyl (C=O) groups is 1. The lowest BCUT2D eigenvalue weighted by Crippen LogP contribution is -2.26. The highest BCUT2D eigenvalue weighted by Crippen LogP contribution is 2.26. The Morgan fingerprint density at radius 2 is 1.79 bits per heavy atom. The second-order valence-electron chi connectivity index (χ2n) is 5.25. The average molecular weight is 336 g/mol. The molecule has 1 saturated carbocycles. The molecule has 0 atom stereocenters. The monoisotopic (exact) mass is 335 g/mol. The van der Waals surface area contributed by atoms with Gasteiger partial charge in [0.25, 0.3) is 0 Å². The van der Waals surface area contributed by atoms with E-state index in [1.165, 1.54) is 19.3 Å². The Morgan fingerprint density at radius 3 is 2.42 bits per heavy atom. The van der Waals surface area contributed by atoms with Crippen molar-refractivity contribution in [3.8, 4) is 0 Å². The van der Waals surface area contributed by atoms with Crippen molar-refractivity contribution in [1.29, 1.82) is 0 Å². The van der Waals surface area contributed by atoms with Gasteiger partial charge in [0.15, 0.2) is 0 Å². The van der Waals surface area contributed by atoms with Crippen molar-refractivity contribution in [3.63, 3.8) is 0 Å². The fraction of sp³-hybridized carbons (Fsp3) is 0.929. The highest BCUT2D eigenvalue weighted by molar-refractivity contribution is 9.09. The molecule has 1 amide bonds. The zero-order chi connectivity index (χ0) is 13.9. The first kappa shape index (κ1) is 16.8. The van der Waals surface area contributed by atoms with Crippen LogP contribution in [0.1, 0.15) is 51.4 Å². The molecule has 5 heteroatoms. The first-order valence-electron chi connectivity index (χ1n) is 7.32. The summed E-state index contributed by atoms with van der Waals surface area (Å²) in [5, 5.41) is 1.10. The summed E-state index contributed by atoms with van der Waals surface area (Å²) >= 11 is 3.44. The van der Waals surface area contributed by atoms with Gasteiger partial charge in [-0.15, -0.1) is 0 Å². The van der Waals surface area contributed by atoms with Crippen molar-refractivity contribution in [2.45, 2.75) is 57.5 Å². The first-order valence-corrected chi connectivity index (χ1v) is 8.44. The van der Waals surface area contributed by atoms with Crippen LogP contribution in [0.2, 0.25) is 0 Å². The number of nitrogens with two attached hydrogens (primary N) is 1. The van der Waals surface area contributed by atoms with Crippen molar-refractivity contribution >= 4 is 22.0 Å². The molecule has 0 aromatic rings. The number of unbranched alkanes of at least 4 members (excludes halogenated alkanes) is 3. The maximum Gasteiger partial charge on any atom is 0.404 e. The molecule has 0 aromatic carbocycles. The number of amides is 1. The molecule has 0 heterocycles. The van der Waals surface area contributed by atoms with Gasteiger partial charge in [-0.05, 0) is 44.4 Å². The Kier molecular flexibility index (Phi) is 9.26. The number of hydrogen-bond acceptors (Lipinski definition) is 3. The lowest BCUT2D eigenvalue weighted by atomic mass is 9.88. The molecular formula is C14H26BrNO3. The highest BCUT2D eigenvalue weighted by atomic mass is 79.9. The molecule has 0 aliphatic heterocycles. The van der Waals surface area contributed by atoms with E-state index < -0.39 is 6.09 Å². The minimum Gasteiger partial charge on any atom is -0.449 e. The van der Waals surface area contributed by atoms with Crippen LogP contribution in [0.4, 0.5) is 4.79 Å². The van der Waals surface area contributed by atoms with Crippen LogP contribution in [-0.4, -0.2) is 30.7 Å². The molecule has 0 spiro atoms.